The third-order valence-electron chi connectivity index (χ3n) is 5.38. The molecule has 5 unspecified atom stereocenters. The summed E-state index contributed by atoms with van der Waals surface area (Å²) in [6.45, 7) is 4.91. The van der Waals surface area contributed by atoms with Crippen LogP contribution in [0.1, 0.15) is 34.6 Å². The van der Waals surface area contributed by atoms with Gasteiger partial charge in [0.1, 0.15) is 37.1 Å². The van der Waals surface area contributed by atoms with Crippen molar-refractivity contribution in [3.8, 4) is 0 Å². The molecular weight excluding hydrogens is 651 g/mol. The Morgan fingerprint density at radius 3 is 1.70 bits per heavy atom. The van der Waals surface area contributed by atoms with Crippen molar-refractivity contribution in [1.29, 1.82) is 0 Å². The van der Waals surface area contributed by atoms with Crippen LogP contribution in [0.25, 0.3) is 0 Å². The molecule has 2 saturated heterocycles. The highest BCUT2D eigenvalue weighted by atomic mass is 35.5. The minimum Gasteiger partial charge on any atom is -1.00 e. The van der Waals surface area contributed by atoms with Gasteiger partial charge in [0.2, 0.25) is 18.5 Å². The van der Waals surface area contributed by atoms with Gasteiger partial charge in [-0.3, -0.25) is 24.0 Å². The predicted octanol–water partition coefficient (Wildman–Crippen LogP) is -6.34. The van der Waals surface area contributed by atoms with Gasteiger partial charge in [0, 0.05) is 34.6 Å². The molecule has 0 aromatic carbocycles. The zero-order valence-electron chi connectivity index (χ0n) is 24.0. The zero-order chi connectivity index (χ0) is 32.7. The quantitative estimate of drug-likeness (QED) is 0.0825. The molecule has 0 bridgehead atoms. The summed E-state index contributed by atoms with van der Waals surface area (Å²) in [4.78, 5) is 57.2. The standard InChI is InChI=1S/C16H23NO10.C6H13NO5.CH2Cl2.ClH/c1-7(18)17-13-15(25-10(4)21)14(24-9(3)20)12(6-23-8(2)19)27-16(13)26-11(5)22;7-3-5(10)4(9)2(1-8)12-6(3)11;2-1-3;/h12-16H,6H2,1-5H3,(H,17,18);2-6,8-11H,1,7H2;1H2;1H/t12?,13?,14-,15-,16+;2?,3?,4-,5-,6?;;/m11../s1. The molecule has 8 N–H and O–H groups in total. The van der Waals surface area contributed by atoms with E-state index < -0.39 is 97.7 Å². The number of rotatable bonds is 7. The molecule has 2 aliphatic heterocycles. The lowest BCUT2D eigenvalue weighted by atomic mass is 9.96. The van der Waals surface area contributed by atoms with Crippen molar-refractivity contribution in [2.45, 2.75) is 95.9 Å². The second kappa shape index (κ2) is 21.6. The van der Waals surface area contributed by atoms with Crippen molar-refractivity contribution in [2.75, 3.05) is 18.6 Å². The molecule has 0 spiro atoms. The van der Waals surface area contributed by atoms with Gasteiger partial charge in [0.05, 0.1) is 11.9 Å². The summed E-state index contributed by atoms with van der Waals surface area (Å²) in [5, 5.41) is 38.9. The summed E-state index contributed by atoms with van der Waals surface area (Å²) < 4.78 is 30.7. The summed E-state index contributed by atoms with van der Waals surface area (Å²) in [6, 6.07) is -1.95. The number of quaternary nitrogens is 1. The van der Waals surface area contributed by atoms with Crippen molar-refractivity contribution >= 4 is 53.0 Å². The van der Waals surface area contributed by atoms with Crippen LogP contribution in [-0.4, -0.2) is 130 Å². The van der Waals surface area contributed by atoms with Crippen LogP contribution in [-0.2, 0) is 52.4 Å². The molecule has 0 saturated carbocycles. The number of hydrogen-bond donors (Lipinski definition) is 6. The van der Waals surface area contributed by atoms with E-state index in [2.05, 4.69) is 11.1 Å². The van der Waals surface area contributed by atoms with Gasteiger partial charge in [0.15, 0.2) is 18.2 Å². The number of ether oxygens (including phenoxy) is 6. The van der Waals surface area contributed by atoms with E-state index in [0.717, 1.165) is 27.7 Å². The average molecular weight is 690 g/mol. The first kappa shape index (κ1) is 43.1. The predicted molar refractivity (Wildman–Crippen MR) is 139 cm³/mol. The molecule has 0 aromatic rings. The topological polar surface area (TPSA) is 261 Å². The highest BCUT2D eigenvalue weighted by Gasteiger charge is 2.52. The summed E-state index contributed by atoms with van der Waals surface area (Å²) >= 11 is 9.53. The lowest BCUT2D eigenvalue weighted by Crippen LogP contribution is -3.00. The lowest BCUT2D eigenvalue weighted by Gasteiger charge is -2.44. The van der Waals surface area contributed by atoms with E-state index in [9.17, 15) is 34.2 Å². The van der Waals surface area contributed by atoms with E-state index in [1.54, 1.807) is 0 Å². The van der Waals surface area contributed by atoms with Gasteiger partial charge in [-0.2, -0.15) is 0 Å². The summed E-state index contributed by atoms with van der Waals surface area (Å²) in [7, 11) is 0. The molecule has 0 aromatic heterocycles. The molecule has 17 nitrogen and oxygen atoms in total. The number of esters is 4. The number of alkyl halides is 2. The van der Waals surface area contributed by atoms with E-state index in [0.29, 0.717) is 0 Å². The highest BCUT2D eigenvalue weighted by molar-refractivity contribution is 6.40. The van der Waals surface area contributed by atoms with Crippen molar-refractivity contribution < 1.29 is 91.0 Å². The molecule has 10 atom stereocenters. The fourth-order valence-corrected chi connectivity index (χ4v) is 3.71. The zero-order valence-corrected chi connectivity index (χ0v) is 26.3. The van der Waals surface area contributed by atoms with Gasteiger partial charge < -0.3 is 72.3 Å². The van der Waals surface area contributed by atoms with Gasteiger partial charge in [-0.15, -0.1) is 23.2 Å². The SMILES string of the molecule is CC(=O)NC1[C@@H](OC(C)=O)OC(COC(C)=O)[C@@H](OC(C)=O)[C@@H]1OC(C)=O.ClCCl.[Cl-].[NH3+]C1C(O)OC(CO)[C@@H](O)[C@@H]1O. The number of carbonyl (C=O) groups is 5. The summed E-state index contributed by atoms with van der Waals surface area (Å²) in [5.74, 6) is -3.34. The highest BCUT2D eigenvalue weighted by Crippen LogP contribution is 2.28. The number of nitrogens with one attached hydrogen (secondary N) is 1. The van der Waals surface area contributed by atoms with Crippen LogP contribution in [0.15, 0.2) is 0 Å². The van der Waals surface area contributed by atoms with Gasteiger partial charge in [-0.25, -0.2) is 0 Å². The normalized spacial score (nSPS) is 31.2. The molecule has 2 rings (SSSR count). The van der Waals surface area contributed by atoms with Crippen molar-refractivity contribution in [1.82, 2.24) is 5.32 Å². The molecule has 2 heterocycles. The maximum absolute atomic E-state index is 11.6. The molecule has 0 aliphatic carbocycles. The third-order valence-corrected chi connectivity index (χ3v) is 5.38. The number of aliphatic hydroxyl groups is 4. The van der Waals surface area contributed by atoms with Crippen LogP contribution < -0.4 is 23.5 Å². The van der Waals surface area contributed by atoms with Crippen LogP contribution in [0.4, 0.5) is 0 Å². The van der Waals surface area contributed by atoms with Crippen molar-refractivity contribution in [2.24, 2.45) is 0 Å². The van der Waals surface area contributed by atoms with E-state index in [1.807, 2.05) is 0 Å². The first-order chi connectivity index (χ1) is 19.5. The molecule has 43 heavy (non-hydrogen) atoms. The third kappa shape index (κ3) is 15.5. The Bertz CT molecular complexity index is 897. The molecule has 20 heteroatoms. The van der Waals surface area contributed by atoms with Crippen molar-refractivity contribution in [3.63, 3.8) is 0 Å². The summed E-state index contributed by atoms with van der Waals surface area (Å²) in [6.07, 6.45) is -9.50. The maximum atomic E-state index is 11.6. The Morgan fingerprint density at radius 2 is 1.28 bits per heavy atom. The average Bonchev–Trinajstić information content (AvgIpc) is 2.87. The van der Waals surface area contributed by atoms with Crippen LogP contribution in [0.2, 0.25) is 0 Å². The molecule has 0 radical (unpaired) electrons. The molecule has 252 valence electrons. The number of amides is 1. The van der Waals surface area contributed by atoms with Crippen LogP contribution >= 0.6 is 23.2 Å². The van der Waals surface area contributed by atoms with Gasteiger partial charge in [0.25, 0.3) is 0 Å². The second-order valence-electron chi connectivity index (χ2n) is 8.82. The van der Waals surface area contributed by atoms with E-state index in [-0.39, 0.29) is 24.4 Å². The maximum Gasteiger partial charge on any atom is 0.305 e. The Kier molecular flexibility index (Phi) is 21.6. The largest absolute Gasteiger partial charge is 1.00 e. The number of hydrogen-bond acceptors (Lipinski definition) is 15. The number of halogens is 3. The van der Waals surface area contributed by atoms with E-state index >= 15 is 0 Å². The minimum atomic E-state index is -1.37. The first-order valence-corrected chi connectivity index (χ1v) is 13.4. The molecular formula is C23H39Cl3N2O15. The fraction of sp³-hybridized carbons (Fsp3) is 0.783. The van der Waals surface area contributed by atoms with Crippen LogP contribution in [0.3, 0.4) is 0 Å². The van der Waals surface area contributed by atoms with E-state index in [4.69, 9.17) is 61.8 Å². The molecule has 2 aliphatic rings. The lowest BCUT2D eigenvalue weighted by molar-refractivity contribution is -0.497. The van der Waals surface area contributed by atoms with E-state index in [1.165, 1.54) is 6.92 Å². The Morgan fingerprint density at radius 1 is 0.791 bits per heavy atom. The number of aliphatic hydroxyl groups excluding tert-OH is 4. The second-order valence-corrected chi connectivity index (χ2v) is 9.63. The Labute approximate surface area is 263 Å². The van der Waals surface area contributed by atoms with Gasteiger partial charge >= 0.3 is 23.9 Å². The summed E-state index contributed by atoms with van der Waals surface area (Å²) in [5.41, 5.74) is 3.41. The van der Waals surface area contributed by atoms with Crippen molar-refractivity contribution in [3.05, 3.63) is 0 Å². The van der Waals surface area contributed by atoms with Gasteiger partial charge in [-0.05, 0) is 0 Å². The fourth-order valence-electron chi connectivity index (χ4n) is 3.71. The molecule has 2 fully saturated rings. The van der Waals surface area contributed by atoms with Crippen LogP contribution in [0, 0.1) is 0 Å². The molecule has 1 amide bonds. The monoisotopic (exact) mass is 688 g/mol. The van der Waals surface area contributed by atoms with Gasteiger partial charge in [-0.1, -0.05) is 0 Å². The first-order valence-electron chi connectivity index (χ1n) is 12.3. The minimum absolute atomic E-state index is 0. The van der Waals surface area contributed by atoms with Crippen LogP contribution in [0.5, 0.6) is 0 Å². The smallest absolute Gasteiger partial charge is 0.305 e. The Balaban J connectivity index is 0. The number of carbonyl (C=O) groups excluding carboxylic acids is 5. The Hall–Kier alpha value is -2.06.